The van der Waals surface area contributed by atoms with Crippen molar-refractivity contribution in [3.63, 3.8) is 0 Å². The van der Waals surface area contributed by atoms with Crippen molar-refractivity contribution in [2.24, 2.45) is 0 Å². The van der Waals surface area contributed by atoms with E-state index in [4.69, 9.17) is 0 Å². The number of alkyl halides is 4. The van der Waals surface area contributed by atoms with Crippen molar-refractivity contribution in [3.05, 3.63) is 30.0 Å². The van der Waals surface area contributed by atoms with Crippen LogP contribution in [-0.2, 0) is 11.2 Å². The molecule has 5 nitrogen and oxygen atoms in total. The monoisotopic (exact) mass is 377 g/mol. The van der Waals surface area contributed by atoms with Gasteiger partial charge in [-0.15, -0.1) is 10.2 Å². The van der Waals surface area contributed by atoms with Gasteiger partial charge >= 0.3 is 12.3 Å². The first kappa shape index (κ1) is 19.4. The van der Waals surface area contributed by atoms with Crippen molar-refractivity contribution in [2.45, 2.75) is 31.1 Å². The minimum Gasteiger partial charge on any atom is -0.611 e. The van der Waals surface area contributed by atoms with E-state index in [2.05, 4.69) is 19.9 Å². The molecule has 0 fully saturated rings. The van der Waals surface area contributed by atoms with Crippen molar-refractivity contribution >= 4 is 11.2 Å². The topological polar surface area (TPSA) is 71.0 Å². The lowest BCUT2D eigenvalue weighted by atomic mass is 10.2. The highest BCUT2D eigenvalue weighted by Gasteiger charge is 2.42. The van der Waals surface area contributed by atoms with Gasteiger partial charge in [0.25, 0.3) is 0 Å². The highest BCUT2D eigenvalue weighted by molar-refractivity contribution is 7.91. The summed E-state index contributed by atoms with van der Waals surface area (Å²) >= 11 is -1.28. The number of aryl methyl sites for hydroxylation is 1. The molecule has 0 saturated carbocycles. The van der Waals surface area contributed by atoms with Crippen LogP contribution in [0.3, 0.4) is 0 Å². The second kappa shape index (κ2) is 7.96. The molecular formula is C15H15F4N3O2S. The SMILES string of the molecule is CC[S+]([O-])c1cccnc1-c1cc(C)c(OCC(F)(F)C(F)F)nn1. The molecule has 0 amide bonds. The van der Waals surface area contributed by atoms with Gasteiger partial charge < -0.3 is 9.29 Å². The Balaban J connectivity index is 2.26. The Morgan fingerprint density at radius 2 is 2.04 bits per heavy atom. The second-order valence-corrected chi connectivity index (χ2v) is 6.76. The van der Waals surface area contributed by atoms with Crippen molar-refractivity contribution < 1.29 is 26.9 Å². The smallest absolute Gasteiger partial charge is 0.340 e. The van der Waals surface area contributed by atoms with Gasteiger partial charge in [0, 0.05) is 11.8 Å². The Kier molecular flexibility index (Phi) is 6.17. The van der Waals surface area contributed by atoms with Crippen molar-refractivity contribution in [3.8, 4) is 17.3 Å². The van der Waals surface area contributed by atoms with E-state index in [0.29, 0.717) is 21.9 Å². The molecule has 1 atom stereocenters. The highest BCUT2D eigenvalue weighted by atomic mass is 32.2. The zero-order chi connectivity index (χ0) is 18.6. The average Bonchev–Trinajstić information content (AvgIpc) is 2.59. The number of halogens is 4. The molecule has 0 radical (unpaired) electrons. The van der Waals surface area contributed by atoms with E-state index < -0.39 is 30.1 Å². The molecule has 2 aromatic heterocycles. The minimum atomic E-state index is -4.28. The van der Waals surface area contributed by atoms with Gasteiger partial charge in [0.15, 0.2) is 11.5 Å². The predicted molar refractivity (Wildman–Crippen MR) is 83.4 cm³/mol. The van der Waals surface area contributed by atoms with Crippen LogP contribution in [0.4, 0.5) is 17.6 Å². The fourth-order valence-electron chi connectivity index (χ4n) is 1.88. The van der Waals surface area contributed by atoms with E-state index in [-0.39, 0.29) is 11.6 Å². The number of nitrogens with zero attached hydrogens (tertiary/aromatic N) is 3. The Morgan fingerprint density at radius 3 is 2.64 bits per heavy atom. The third-order valence-corrected chi connectivity index (χ3v) is 4.52. The summed E-state index contributed by atoms with van der Waals surface area (Å²) in [7, 11) is 0. The maximum Gasteiger partial charge on any atom is 0.340 e. The maximum atomic E-state index is 12.9. The van der Waals surface area contributed by atoms with Crippen LogP contribution in [0.2, 0.25) is 0 Å². The normalized spacial score (nSPS) is 13.1. The fourth-order valence-corrected chi connectivity index (χ4v) is 2.80. The van der Waals surface area contributed by atoms with Crippen LogP contribution in [0.1, 0.15) is 12.5 Å². The first-order valence-electron chi connectivity index (χ1n) is 7.23. The molecule has 136 valence electrons. The van der Waals surface area contributed by atoms with E-state index in [1.165, 1.54) is 19.2 Å². The molecule has 0 spiro atoms. The molecule has 0 aliphatic carbocycles. The minimum absolute atomic E-state index is 0.279. The van der Waals surface area contributed by atoms with Gasteiger partial charge in [0.1, 0.15) is 17.1 Å². The van der Waals surface area contributed by atoms with Crippen LogP contribution >= 0.6 is 0 Å². The van der Waals surface area contributed by atoms with Gasteiger partial charge in [-0.2, -0.15) is 8.78 Å². The molecule has 0 saturated heterocycles. The number of hydrogen-bond acceptors (Lipinski definition) is 5. The zero-order valence-electron chi connectivity index (χ0n) is 13.4. The molecule has 1 unspecified atom stereocenters. The predicted octanol–water partition coefficient (Wildman–Crippen LogP) is 3.25. The fraction of sp³-hybridized carbons (Fsp3) is 0.400. The average molecular weight is 377 g/mol. The van der Waals surface area contributed by atoms with E-state index in [0.717, 1.165) is 0 Å². The largest absolute Gasteiger partial charge is 0.611 e. The third kappa shape index (κ3) is 4.57. The van der Waals surface area contributed by atoms with Gasteiger partial charge in [-0.25, -0.2) is 13.8 Å². The van der Waals surface area contributed by atoms with E-state index >= 15 is 0 Å². The van der Waals surface area contributed by atoms with Crippen LogP contribution in [0.5, 0.6) is 5.88 Å². The third-order valence-electron chi connectivity index (χ3n) is 3.18. The summed E-state index contributed by atoms with van der Waals surface area (Å²) < 4.78 is 66.9. The van der Waals surface area contributed by atoms with E-state index in [9.17, 15) is 22.1 Å². The number of pyridine rings is 1. The molecule has 2 aromatic rings. The molecule has 0 bridgehead atoms. The summed E-state index contributed by atoms with van der Waals surface area (Å²) in [5.74, 6) is -4.17. The Labute approximate surface area is 144 Å². The molecule has 0 aromatic carbocycles. The van der Waals surface area contributed by atoms with Gasteiger partial charge in [-0.3, -0.25) is 0 Å². The van der Waals surface area contributed by atoms with Crippen LogP contribution in [0, 0.1) is 6.92 Å². The summed E-state index contributed by atoms with van der Waals surface area (Å²) in [5, 5.41) is 7.48. The van der Waals surface area contributed by atoms with Gasteiger partial charge in [0.05, 0.1) is 0 Å². The summed E-state index contributed by atoms with van der Waals surface area (Å²) in [6.07, 6.45) is -2.34. The standard InChI is InChI=1S/C15H15F4N3O2S/c1-3-25(23)11-5-4-6-20-12(11)10-7-9(2)13(22-21-10)24-8-15(18,19)14(16)17/h4-7,14H,3,8H2,1-2H3. The first-order valence-corrected chi connectivity index (χ1v) is 8.55. The van der Waals surface area contributed by atoms with Crippen LogP contribution in [-0.4, -0.2) is 44.4 Å². The number of rotatable bonds is 7. The molecule has 2 rings (SSSR count). The van der Waals surface area contributed by atoms with Crippen LogP contribution in [0.15, 0.2) is 29.3 Å². The van der Waals surface area contributed by atoms with Crippen molar-refractivity contribution in [1.82, 2.24) is 15.2 Å². The van der Waals surface area contributed by atoms with Gasteiger partial charge in [-0.1, -0.05) is 0 Å². The maximum absolute atomic E-state index is 12.9. The van der Waals surface area contributed by atoms with E-state index in [1.807, 2.05) is 0 Å². The quantitative estimate of drug-likeness (QED) is 0.547. The van der Waals surface area contributed by atoms with Gasteiger partial charge in [-0.05, 0) is 43.2 Å². The summed E-state index contributed by atoms with van der Waals surface area (Å²) in [5.41, 5.74) is 0.944. The molecular weight excluding hydrogens is 362 g/mol. The summed E-state index contributed by atoms with van der Waals surface area (Å²) in [6, 6.07) is 4.74. The number of aromatic nitrogens is 3. The lowest BCUT2D eigenvalue weighted by Gasteiger charge is -2.16. The van der Waals surface area contributed by atoms with Crippen LogP contribution in [0.25, 0.3) is 11.4 Å². The Bertz CT molecular complexity index is 734. The zero-order valence-corrected chi connectivity index (χ0v) is 14.2. The highest BCUT2D eigenvalue weighted by Crippen LogP contribution is 2.28. The lowest BCUT2D eigenvalue weighted by molar-refractivity contribution is -0.148. The van der Waals surface area contributed by atoms with Crippen LogP contribution < -0.4 is 4.74 Å². The Hall–Kier alpha value is -1.94. The molecule has 0 aliphatic rings. The van der Waals surface area contributed by atoms with Crippen molar-refractivity contribution in [1.29, 1.82) is 0 Å². The molecule has 0 aliphatic heterocycles. The number of ether oxygens (including phenoxy) is 1. The lowest BCUT2D eigenvalue weighted by Crippen LogP contribution is -2.34. The van der Waals surface area contributed by atoms with Crippen molar-refractivity contribution in [2.75, 3.05) is 12.4 Å². The summed E-state index contributed by atoms with van der Waals surface area (Å²) in [6.45, 7) is 1.76. The van der Waals surface area contributed by atoms with E-state index in [1.54, 1.807) is 19.1 Å². The summed E-state index contributed by atoms with van der Waals surface area (Å²) in [4.78, 5) is 4.61. The first-order chi connectivity index (χ1) is 11.8. The molecule has 0 N–H and O–H groups in total. The molecule has 10 heteroatoms. The second-order valence-electron chi connectivity index (χ2n) is 5.05. The Morgan fingerprint density at radius 1 is 1.32 bits per heavy atom. The molecule has 2 heterocycles. The molecule has 25 heavy (non-hydrogen) atoms. The number of hydrogen-bond donors (Lipinski definition) is 0. The van der Waals surface area contributed by atoms with Gasteiger partial charge in [0.2, 0.25) is 5.88 Å².